The van der Waals surface area contributed by atoms with E-state index in [1.54, 1.807) is 7.11 Å². The second-order valence-corrected chi connectivity index (χ2v) is 5.30. The van der Waals surface area contributed by atoms with Crippen molar-refractivity contribution >= 4 is 11.8 Å². The fourth-order valence-electron chi connectivity index (χ4n) is 1.83. The number of hydrogen-bond donors (Lipinski definition) is 1. The van der Waals surface area contributed by atoms with Crippen LogP contribution in [0.1, 0.15) is 11.6 Å². The highest BCUT2D eigenvalue weighted by Gasteiger charge is 2.13. The topological polar surface area (TPSA) is 35.2 Å². The fourth-order valence-corrected chi connectivity index (χ4v) is 2.77. The number of hydrogen-bond acceptors (Lipinski definition) is 3. The molecule has 0 saturated heterocycles. The lowest BCUT2D eigenvalue weighted by atomic mass is 10.1. The van der Waals surface area contributed by atoms with Crippen molar-refractivity contribution in [2.45, 2.75) is 10.9 Å². The molecule has 0 fully saturated rings. The number of thioether (sulfide) groups is 1. The Morgan fingerprint density at radius 2 is 1.95 bits per heavy atom. The first-order valence-electron chi connectivity index (χ1n) is 6.08. The van der Waals surface area contributed by atoms with Gasteiger partial charge in [-0.3, -0.25) is 0 Å². The molecule has 0 amide bonds. The SMILES string of the molecule is COc1ccccc1C(N)CSc1cc(F)ccc1F. The Labute approximate surface area is 120 Å². The summed E-state index contributed by atoms with van der Waals surface area (Å²) in [4.78, 5) is 0.260. The first-order valence-corrected chi connectivity index (χ1v) is 7.06. The van der Waals surface area contributed by atoms with E-state index < -0.39 is 11.6 Å². The van der Waals surface area contributed by atoms with Crippen LogP contribution in [0.3, 0.4) is 0 Å². The van der Waals surface area contributed by atoms with Crippen LogP contribution < -0.4 is 10.5 Å². The minimum Gasteiger partial charge on any atom is -0.496 e. The molecule has 2 N–H and O–H groups in total. The van der Waals surface area contributed by atoms with Crippen LogP contribution in [0.4, 0.5) is 8.78 Å². The third-order valence-corrected chi connectivity index (χ3v) is 4.00. The Balaban J connectivity index is 2.08. The Morgan fingerprint density at radius 1 is 1.20 bits per heavy atom. The molecule has 0 aliphatic carbocycles. The van der Waals surface area contributed by atoms with E-state index in [0.717, 1.165) is 17.7 Å². The smallest absolute Gasteiger partial charge is 0.136 e. The zero-order chi connectivity index (χ0) is 14.5. The zero-order valence-electron chi connectivity index (χ0n) is 11.0. The third-order valence-electron chi connectivity index (χ3n) is 2.85. The molecule has 2 aromatic rings. The Morgan fingerprint density at radius 3 is 2.70 bits per heavy atom. The maximum absolute atomic E-state index is 13.5. The molecule has 2 nitrogen and oxygen atoms in total. The van der Waals surface area contributed by atoms with E-state index in [2.05, 4.69) is 0 Å². The van der Waals surface area contributed by atoms with Gasteiger partial charge in [0.05, 0.1) is 7.11 Å². The van der Waals surface area contributed by atoms with E-state index >= 15 is 0 Å². The largest absolute Gasteiger partial charge is 0.496 e. The molecule has 0 aromatic heterocycles. The van der Waals surface area contributed by atoms with Crippen LogP contribution in [0.25, 0.3) is 0 Å². The summed E-state index contributed by atoms with van der Waals surface area (Å²) in [7, 11) is 1.57. The Hall–Kier alpha value is -1.59. The van der Waals surface area contributed by atoms with Crippen LogP contribution in [0, 0.1) is 11.6 Å². The molecule has 0 aliphatic rings. The van der Waals surface area contributed by atoms with Gasteiger partial charge in [-0.2, -0.15) is 0 Å². The van der Waals surface area contributed by atoms with E-state index in [1.165, 1.54) is 17.8 Å². The quantitative estimate of drug-likeness (QED) is 0.853. The highest BCUT2D eigenvalue weighted by Crippen LogP contribution is 2.30. The van der Waals surface area contributed by atoms with Crippen LogP contribution in [-0.4, -0.2) is 12.9 Å². The predicted molar refractivity (Wildman–Crippen MR) is 77.0 cm³/mol. The fraction of sp³-hybridized carbons (Fsp3) is 0.200. The van der Waals surface area contributed by atoms with Gasteiger partial charge in [-0.25, -0.2) is 8.78 Å². The molecule has 2 rings (SSSR count). The molecule has 0 radical (unpaired) electrons. The molecule has 0 aliphatic heterocycles. The average molecular weight is 295 g/mol. The minimum absolute atomic E-state index is 0.260. The van der Waals surface area contributed by atoms with Crippen molar-refractivity contribution in [1.82, 2.24) is 0 Å². The molecule has 5 heteroatoms. The van der Waals surface area contributed by atoms with Crippen LogP contribution in [-0.2, 0) is 0 Å². The molecule has 0 spiro atoms. The summed E-state index contributed by atoms with van der Waals surface area (Å²) in [5.41, 5.74) is 6.94. The number of para-hydroxylation sites is 1. The number of benzene rings is 2. The van der Waals surface area contributed by atoms with Crippen molar-refractivity contribution in [3.05, 3.63) is 59.7 Å². The molecule has 0 heterocycles. The van der Waals surface area contributed by atoms with Crippen LogP contribution in [0.15, 0.2) is 47.4 Å². The average Bonchev–Trinajstić information content (AvgIpc) is 2.47. The van der Waals surface area contributed by atoms with Gasteiger partial charge < -0.3 is 10.5 Å². The molecule has 1 atom stereocenters. The molecule has 0 saturated carbocycles. The van der Waals surface area contributed by atoms with Gasteiger partial charge in [-0.05, 0) is 24.3 Å². The van der Waals surface area contributed by atoms with Crippen molar-refractivity contribution in [2.75, 3.05) is 12.9 Å². The lowest BCUT2D eigenvalue weighted by molar-refractivity contribution is 0.407. The second-order valence-electron chi connectivity index (χ2n) is 4.23. The standard InChI is InChI=1S/C15H15F2NOS/c1-19-14-5-3-2-4-11(14)13(18)9-20-15-8-10(16)6-7-12(15)17/h2-8,13H,9,18H2,1H3. The zero-order valence-corrected chi connectivity index (χ0v) is 11.8. The lowest BCUT2D eigenvalue weighted by Gasteiger charge is -2.15. The summed E-state index contributed by atoms with van der Waals surface area (Å²) in [6.07, 6.45) is 0. The first kappa shape index (κ1) is 14.8. The normalized spacial score (nSPS) is 12.2. The monoisotopic (exact) mass is 295 g/mol. The number of methoxy groups -OCH3 is 1. The molecule has 1 unspecified atom stereocenters. The Kier molecular flexibility index (Phi) is 4.98. The van der Waals surface area contributed by atoms with Crippen LogP contribution in [0.5, 0.6) is 5.75 Å². The first-order chi connectivity index (χ1) is 9.61. The third kappa shape index (κ3) is 3.49. The molecule has 106 valence electrons. The summed E-state index contributed by atoms with van der Waals surface area (Å²) in [6, 6.07) is 10.5. The maximum atomic E-state index is 13.5. The van der Waals surface area contributed by atoms with Gasteiger partial charge in [0.1, 0.15) is 17.4 Å². The van der Waals surface area contributed by atoms with Crippen molar-refractivity contribution < 1.29 is 13.5 Å². The number of halogens is 2. The van der Waals surface area contributed by atoms with Gasteiger partial charge >= 0.3 is 0 Å². The van der Waals surface area contributed by atoms with Crippen LogP contribution in [0.2, 0.25) is 0 Å². The minimum atomic E-state index is -0.459. The maximum Gasteiger partial charge on any atom is 0.136 e. The van der Waals surface area contributed by atoms with Crippen LogP contribution >= 0.6 is 11.8 Å². The van der Waals surface area contributed by atoms with Crippen molar-refractivity contribution in [3.8, 4) is 5.75 Å². The van der Waals surface area contributed by atoms with Gasteiger partial charge in [-0.1, -0.05) is 18.2 Å². The van der Waals surface area contributed by atoms with Gasteiger partial charge in [0, 0.05) is 22.3 Å². The van der Waals surface area contributed by atoms with E-state index in [9.17, 15) is 8.78 Å². The van der Waals surface area contributed by atoms with E-state index in [0.29, 0.717) is 11.5 Å². The van der Waals surface area contributed by atoms with E-state index in [-0.39, 0.29) is 10.9 Å². The van der Waals surface area contributed by atoms with Crippen molar-refractivity contribution in [2.24, 2.45) is 5.73 Å². The summed E-state index contributed by atoms with van der Waals surface area (Å²) >= 11 is 1.19. The number of rotatable bonds is 5. The van der Waals surface area contributed by atoms with Gasteiger partial charge in [0.25, 0.3) is 0 Å². The lowest BCUT2D eigenvalue weighted by Crippen LogP contribution is -2.14. The molecule has 2 aromatic carbocycles. The number of nitrogens with two attached hydrogens (primary N) is 1. The Bertz CT molecular complexity index is 592. The van der Waals surface area contributed by atoms with E-state index in [4.69, 9.17) is 10.5 Å². The van der Waals surface area contributed by atoms with Gasteiger partial charge in [0.15, 0.2) is 0 Å². The molecular weight excluding hydrogens is 280 g/mol. The summed E-state index contributed by atoms with van der Waals surface area (Å²) in [5.74, 6) is 0.226. The number of ether oxygens (including phenoxy) is 1. The highest BCUT2D eigenvalue weighted by atomic mass is 32.2. The van der Waals surface area contributed by atoms with E-state index in [1.807, 2.05) is 24.3 Å². The van der Waals surface area contributed by atoms with Crippen molar-refractivity contribution in [1.29, 1.82) is 0 Å². The van der Waals surface area contributed by atoms with Gasteiger partial charge in [-0.15, -0.1) is 11.8 Å². The summed E-state index contributed by atoms with van der Waals surface area (Å²) in [5, 5.41) is 0. The predicted octanol–water partition coefficient (Wildman–Crippen LogP) is 3.77. The summed E-state index contributed by atoms with van der Waals surface area (Å²) < 4.78 is 31.8. The molecule has 20 heavy (non-hydrogen) atoms. The molecule has 0 bridgehead atoms. The highest BCUT2D eigenvalue weighted by molar-refractivity contribution is 7.99. The van der Waals surface area contributed by atoms with Gasteiger partial charge in [0.2, 0.25) is 0 Å². The van der Waals surface area contributed by atoms with Crippen molar-refractivity contribution in [3.63, 3.8) is 0 Å². The molecular formula is C15H15F2NOS. The summed E-state index contributed by atoms with van der Waals surface area (Å²) in [6.45, 7) is 0. The second kappa shape index (κ2) is 6.72.